The van der Waals surface area contributed by atoms with Crippen molar-refractivity contribution in [2.24, 2.45) is 0 Å². The van der Waals surface area contributed by atoms with Gasteiger partial charge in [-0.3, -0.25) is 9.10 Å². The van der Waals surface area contributed by atoms with E-state index in [-0.39, 0.29) is 17.0 Å². The Hall–Kier alpha value is -2.48. The van der Waals surface area contributed by atoms with Crippen LogP contribution >= 0.6 is 0 Å². The molecule has 1 saturated heterocycles. The van der Waals surface area contributed by atoms with Crippen molar-refractivity contribution in [3.8, 4) is 0 Å². The van der Waals surface area contributed by atoms with E-state index in [2.05, 4.69) is 5.32 Å². The minimum Gasteiger partial charge on any atom is -0.322 e. The number of carbonyl (C=O) groups is 1. The van der Waals surface area contributed by atoms with Gasteiger partial charge in [0.15, 0.2) is 0 Å². The Kier molecular flexibility index (Phi) is 4.23. The van der Waals surface area contributed by atoms with E-state index in [9.17, 15) is 22.0 Å². The van der Waals surface area contributed by atoms with Gasteiger partial charge in [-0.05, 0) is 42.8 Å². The van der Waals surface area contributed by atoms with Crippen LogP contribution in [0.3, 0.4) is 0 Å². The van der Waals surface area contributed by atoms with Gasteiger partial charge >= 0.3 is 0 Å². The highest BCUT2D eigenvalue weighted by molar-refractivity contribution is 7.93. The summed E-state index contributed by atoms with van der Waals surface area (Å²) in [4.78, 5) is 12.1. The molecule has 8 heteroatoms. The van der Waals surface area contributed by atoms with Crippen molar-refractivity contribution >= 4 is 27.3 Å². The lowest BCUT2D eigenvalue weighted by atomic mass is 10.2. The van der Waals surface area contributed by atoms with Gasteiger partial charge in [-0.1, -0.05) is 0 Å². The van der Waals surface area contributed by atoms with Crippen molar-refractivity contribution in [1.29, 1.82) is 0 Å². The third kappa shape index (κ3) is 3.38. The van der Waals surface area contributed by atoms with E-state index < -0.39 is 27.6 Å². The maximum atomic E-state index is 13.1. The fraction of sp³-hybridized carbons (Fsp3) is 0.188. The quantitative estimate of drug-likeness (QED) is 0.924. The Morgan fingerprint density at radius 1 is 1.04 bits per heavy atom. The predicted octanol–water partition coefficient (Wildman–Crippen LogP) is 2.76. The largest absolute Gasteiger partial charge is 0.322 e. The SMILES string of the molecule is O=C(Nc1cc(F)cc(F)c1)c1ccc(N2CCCS2(=O)=O)cc1. The standard InChI is InChI=1S/C16H14F2N2O3S/c17-12-8-13(18)10-14(9-12)19-16(21)11-2-4-15(5-3-11)20-6-1-7-24(20,22)23/h2-5,8-10H,1,6-7H2,(H,19,21). The summed E-state index contributed by atoms with van der Waals surface area (Å²) in [5.74, 6) is -2.02. The summed E-state index contributed by atoms with van der Waals surface area (Å²) in [6.45, 7) is 0.413. The highest BCUT2D eigenvalue weighted by Gasteiger charge is 2.28. The van der Waals surface area contributed by atoms with E-state index in [4.69, 9.17) is 0 Å². The minimum absolute atomic E-state index is 0.00342. The molecule has 0 bridgehead atoms. The topological polar surface area (TPSA) is 66.5 Å². The van der Waals surface area contributed by atoms with Gasteiger partial charge in [0.25, 0.3) is 5.91 Å². The van der Waals surface area contributed by atoms with Crippen molar-refractivity contribution < 1.29 is 22.0 Å². The fourth-order valence-corrected chi connectivity index (χ4v) is 4.10. The molecule has 1 N–H and O–H groups in total. The van der Waals surface area contributed by atoms with Crippen molar-refractivity contribution in [2.75, 3.05) is 21.9 Å². The Morgan fingerprint density at radius 2 is 1.67 bits per heavy atom. The molecule has 1 aliphatic heterocycles. The number of hydrogen-bond acceptors (Lipinski definition) is 3. The lowest BCUT2D eigenvalue weighted by Crippen LogP contribution is -2.25. The first-order valence-corrected chi connectivity index (χ1v) is 8.84. The first-order chi connectivity index (χ1) is 11.3. The molecule has 2 aromatic carbocycles. The maximum absolute atomic E-state index is 13.1. The summed E-state index contributed by atoms with van der Waals surface area (Å²) in [6.07, 6.45) is 0.565. The Bertz CT molecular complexity index is 862. The number of benzene rings is 2. The molecule has 0 atom stereocenters. The number of rotatable bonds is 3. The molecule has 0 saturated carbocycles. The smallest absolute Gasteiger partial charge is 0.255 e. The second-order valence-corrected chi connectivity index (χ2v) is 7.41. The van der Waals surface area contributed by atoms with Crippen molar-refractivity contribution in [3.05, 3.63) is 59.7 Å². The molecule has 1 heterocycles. The summed E-state index contributed by atoms with van der Waals surface area (Å²) in [5.41, 5.74) is 0.740. The van der Waals surface area contributed by atoms with Gasteiger partial charge in [0, 0.05) is 23.9 Å². The Morgan fingerprint density at radius 3 is 2.21 bits per heavy atom. The third-order valence-electron chi connectivity index (χ3n) is 3.64. The van der Waals surface area contributed by atoms with Crippen LogP contribution in [0.4, 0.5) is 20.2 Å². The molecule has 1 fully saturated rings. The number of sulfonamides is 1. The zero-order valence-corrected chi connectivity index (χ0v) is 13.3. The molecule has 1 amide bonds. The molecule has 1 aliphatic rings. The molecule has 0 spiro atoms. The van der Waals surface area contributed by atoms with Gasteiger partial charge in [0.2, 0.25) is 10.0 Å². The average molecular weight is 352 g/mol. The lowest BCUT2D eigenvalue weighted by Gasteiger charge is -2.17. The van der Waals surface area contributed by atoms with Crippen molar-refractivity contribution in [1.82, 2.24) is 0 Å². The molecule has 5 nitrogen and oxygen atoms in total. The van der Waals surface area contributed by atoms with Crippen molar-refractivity contribution in [2.45, 2.75) is 6.42 Å². The van der Waals surface area contributed by atoms with Crippen LogP contribution in [0.15, 0.2) is 42.5 Å². The predicted molar refractivity (Wildman–Crippen MR) is 86.5 cm³/mol. The van der Waals surface area contributed by atoms with Crippen LogP contribution in [0.1, 0.15) is 16.8 Å². The summed E-state index contributed by atoms with van der Waals surface area (Å²) in [5, 5.41) is 2.39. The van der Waals surface area contributed by atoms with Crippen LogP contribution < -0.4 is 9.62 Å². The van der Waals surface area contributed by atoms with Crippen LogP contribution in [0, 0.1) is 11.6 Å². The highest BCUT2D eigenvalue weighted by atomic mass is 32.2. The second-order valence-electron chi connectivity index (χ2n) is 5.40. The molecule has 126 valence electrons. The summed E-state index contributed by atoms with van der Waals surface area (Å²) >= 11 is 0. The molecule has 0 aliphatic carbocycles. The molecule has 0 unspecified atom stereocenters. The summed E-state index contributed by atoms with van der Waals surface area (Å²) < 4.78 is 51.3. The zero-order chi connectivity index (χ0) is 17.3. The van der Waals surface area contributed by atoms with Gasteiger partial charge in [0.1, 0.15) is 11.6 Å². The van der Waals surface area contributed by atoms with E-state index in [1.165, 1.54) is 28.6 Å². The van der Waals surface area contributed by atoms with E-state index in [0.717, 1.165) is 12.1 Å². The maximum Gasteiger partial charge on any atom is 0.255 e. The number of nitrogens with one attached hydrogen (secondary N) is 1. The summed E-state index contributed by atoms with van der Waals surface area (Å²) in [7, 11) is -3.28. The molecular weight excluding hydrogens is 338 g/mol. The van der Waals surface area contributed by atoms with E-state index in [1.807, 2.05) is 0 Å². The van der Waals surface area contributed by atoms with Crippen LogP contribution in [-0.2, 0) is 10.0 Å². The molecule has 3 rings (SSSR count). The van der Waals surface area contributed by atoms with Gasteiger partial charge < -0.3 is 5.32 Å². The highest BCUT2D eigenvalue weighted by Crippen LogP contribution is 2.24. The third-order valence-corrected chi connectivity index (χ3v) is 5.51. The number of nitrogens with zero attached hydrogens (tertiary/aromatic N) is 1. The van der Waals surface area contributed by atoms with Gasteiger partial charge in [0.05, 0.1) is 11.4 Å². The molecule has 0 aromatic heterocycles. The van der Waals surface area contributed by atoms with E-state index in [0.29, 0.717) is 24.7 Å². The second kappa shape index (κ2) is 6.20. The molecular formula is C16H14F2N2O3S. The van der Waals surface area contributed by atoms with Gasteiger partial charge in [-0.25, -0.2) is 17.2 Å². The zero-order valence-electron chi connectivity index (χ0n) is 12.5. The minimum atomic E-state index is -3.28. The fourth-order valence-electron chi connectivity index (χ4n) is 2.54. The number of amides is 1. The van der Waals surface area contributed by atoms with Crippen molar-refractivity contribution in [3.63, 3.8) is 0 Å². The number of hydrogen-bond donors (Lipinski definition) is 1. The molecule has 0 radical (unpaired) electrons. The molecule has 2 aromatic rings. The van der Waals surface area contributed by atoms with Crippen LogP contribution in [0.2, 0.25) is 0 Å². The van der Waals surface area contributed by atoms with E-state index >= 15 is 0 Å². The molecule has 24 heavy (non-hydrogen) atoms. The number of anilines is 2. The lowest BCUT2D eigenvalue weighted by molar-refractivity contribution is 0.102. The normalized spacial score (nSPS) is 16.2. The number of halogens is 2. The van der Waals surface area contributed by atoms with Crippen LogP contribution in [0.25, 0.3) is 0 Å². The van der Waals surface area contributed by atoms with Crippen LogP contribution in [-0.4, -0.2) is 26.6 Å². The average Bonchev–Trinajstić information content (AvgIpc) is 2.85. The first-order valence-electron chi connectivity index (χ1n) is 7.23. The van der Waals surface area contributed by atoms with Crippen LogP contribution in [0.5, 0.6) is 0 Å². The summed E-state index contributed by atoms with van der Waals surface area (Å²) in [6, 6.07) is 8.72. The van der Waals surface area contributed by atoms with E-state index in [1.54, 1.807) is 0 Å². The number of carbonyl (C=O) groups excluding carboxylic acids is 1. The Labute approximate surface area is 138 Å². The van der Waals surface area contributed by atoms with Gasteiger partial charge in [-0.2, -0.15) is 0 Å². The monoisotopic (exact) mass is 352 g/mol. The Balaban J connectivity index is 1.77. The van der Waals surface area contributed by atoms with Gasteiger partial charge in [-0.15, -0.1) is 0 Å². The first kappa shape index (κ1) is 16.4.